The number of ether oxygens (including phenoxy) is 1. The molecular formula is C13H12Cl2N2O4. The maximum absolute atomic E-state index is 11.4. The van der Waals surface area contributed by atoms with Crippen LogP contribution in [0.25, 0.3) is 6.08 Å². The minimum Gasteiger partial charge on any atom is -0.452 e. The van der Waals surface area contributed by atoms with Gasteiger partial charge in [-0.05, 0) is 23.8 Å². The molecular weight excluding hydrogens is 319 g/mol. The molecule has 8 heteroatoms. The van der Waals surface area contributed by atoms with E-state index in [4.69, 9.17) is 23.2 Å². The molecule has 0 aromatic heterocycles. The van der Waals surface area contributed by atoms with Crippen molar-refractivity contribution >= 4 is 47.2 Å². The SMILES string of the molecule is CNC(=O)NC(=O)COC(=O)C=Cc1ccc(Cl)cc1Cl. The molecule has 1 rings (SSSR count). The average molecular weight is 331 g/mol. The van der Waals surface area contributed by atoms with Gasteiger partial charge in [0.2, 0.25) is 0 Å². The van der Waals surface area contributed by atoms with Crippen LogP contribution >= 0.6 is 23.2 Å². The normalized spacial score (nSPS) is 10.2. The van der Waals surface area contributed by atoms with Crippen molar-refractivity contribution in [2.24, 2.45) is 0 Å². The fourth-order valence-electron chi connectivity index (χ4n) is 1.20. The number of hydrogen-bond donors (Lipinski definition) is 2. The fourth-order valence-corrected chi connectivity index (χ4v) is 1.68. The highest BCUT2D eigenvalue weighted by molar-refractivity contribution is 6.35. The maximum Gasteiger partial charge on any atom is 0.331 e. The van der Waals surface area contributed by atoms with Crippen LogP contribution in [0.15, 0.2) is 24.3 Å². The molecule has 0 bridgehead atoms. The number of carbonyl (C=O) groups is 3. The molecule has 3 amide bonds. The Morgan fingerprint density at radius 1 is 1.29 bits per heavy atom. The number of esters is 1. The van der Waals surface area contributed by atoms with Gasteiger partial charge in [0, 0.05) is 23.2 Å². The van der Waals surface area contributed by atoms with Crippen LogP contribution < -0.4 is 10.6 Å². The third-order valence-electron chi connectivity index (χ3n) is 2.19. The summed E-state index contributed by atoms with van der Waals surface area (Å²) >= 11 is 11.7. The van der Waals surface area contributed by atoms with E-state index < -0.39 is 24.5 Å². The first-order chi connectivity index (χ1) is 9.92. The number of amides is 3. The number of benzene rings is 1. The van der Waals surface area contributed by atoms with Gasteiger partial charge < -0.3 is 10.1 Å². The lowest BCUT2D eigenvalue weighted by atomic mass is 10.2. The quantitative estimate of drug-likeness (QED) is 0.653. The third-order valence-corrected chi connectivity index (χ3v) is 2.75. The Hall–Kier alpha value is -2.05. The molecule has 0 fully saturated rings. The molecule has 21 heavy (non-hydrogen) atoms. The Balaban J connectivity index is 2.48. The second-order valence-corrected chi connectivity index (χ2v) is 4.58. The highest BCUT2D eigenvalue weighted by Gasteiger charge is 2.08. The van der Waals surface area contributed by atoms with Crippen LogP contribution in [0.1, 0.15) is 5.56 Å². The van der Waals surface area contributed by atoms with Crippen molar-refractivity contribution in [1.82, 2.24) is 10.6 Å². The van der Waals surface area contributed by atoms with Crippen molar-refractivity contribution in [3.63, 3.8) is 0 Å². The number of nitrogens with one attached hydrogen (secondary N) is 2. The number of halogens is 2. The minimum absolute atomic E-state index is 0.379. The van der Waals surface area contributed by atoms with Crippen LogP contribution in [0, 0.1) is 0 Å². The lowest BCUT2D eigenvalue weighted by Gasteiger charge is -2.03. The smallest absolute Gasteiger partial charge is 0.331 e. The molecule has 0 unspecified atom stereocenters. The van der Waals surface area contributed by atoms with E-state index in [-0.39, 0.29) is 0 Å². The first kappa shape index (κ1) is 17.0. The van der Waals surface area contributed by atoms with Crippen molar-refractivity contribution in [2.75, 3.05) is 13.7 Å². The molecule has 0 spiro atoms. The zero-order valence-corrected chi connectivity index (χ0v) is 12.5. The summed E-state index contributed by atoms with van der Waals surface area (Å²) in [4.78, 5) is 33.4. The number of imide groups is 1. The van der Waals surface area contributed by atoms with E-state index in [1.807, 2.05) is 5.32 Å². The van der Waals surface area contributed by atoms with E-state index in [1.165, 1.54) is 19.2 Å². The third kappa shape index (κ3) is 6.29. The predicted molar refractivity (Wildman–Crippen MR) is 79.1 cm³/mol. The van der Waals surface area contributed by atoms with Gasteiger partial charge in [0.15, 0.2) is 6.61 Å². The summed E-state index contributed by atoms with van der Waals surface area (Å²) < 4.78 is 4.65. The standard InChI is InChI=1S/C13H12Cl2N2O4/c1-16-13(20)17-11(18)7-21-12(19)5-3-8-2-4-9(14)6-10(8)15/h2-6H,7H2,1H3,(H2,16,17,18,20). The lowest BCUT2D eigenvalue weighted by molar-refractivity contribution is -0.143. The van der Waals surface area contributed by atoms with E-state index >= 15 is 0 Å². The summed E-state index contributed by atoms with van der Waals surface area (Å²) in [7, 11) is 1.35. The molecule has 0 radical (unpaired) electrons. The largest absolute Gasteiger partial charge is 0.452 e. The van der Waals surface area contributed by atoms with Gasteiger partial charge in [0.1, 0.15) is 0 Å². The Bertz CT molecular complexity index is 588. The minimum atomic E-state index is -0.743. The Kier molecular flexibility index (Phi) is 6.71. The number of hydrogen-bond acceptors (Lipinski definition) is 4. The molecule has 2 N–H and O–H groups in total. The van der Waals surface area contributed by atoms with Gasteiger partial charge in [-0.15, -0.1) is 0 Å². The Morgan fingerprint density at radius 3 is 2.62 bits per heavy atom. The molecule has 0 aliphatic heterocycles. The zero-order chi connectivity index (χ0) is 15.8. The van der Waals surface area contributed by atoms with Crippen LogP contribution in [0.3, 0.4) is 0 Å². The van der Waals surface area contributed by atoms with Crippen molar-refractivity contribution in [3.8, 4) is 0 Å². The van der Waals surface area contributed by atoms with Gasteiger partial charge in [0.05, 0.1) is 0 Å². The van der Waals surface area contributed by atoms with E-state index in [1.54, 1.807) is 12.1 Å². The van der Waals surface area contributed by atoms with E-state index in [2.05, 4.69) is 10.1 Å². The summed E-state index contributed by atoms with van der Waals surface area (Å²) in [6.45, 7) is -0.565. The van der Waals surface area contributed by atoms with Gasteiger partial charge in [-0.25, -0.2) is 9.59 Å². The summed E-state index contributed by atoms with van der Waals surface area (Å²) in [5.74, 6) is -1.48. The Morgan fingerprint density at radius 2 is 2.00 bits per heavy atom. The average Bonchev–Trinajstić information content (AvgIpc) is 2.44. The number of urea groups is 1. The summed E-state index contributed by atoms with van der Waals surface area (Å²) in [5, 5.41) is 4.99. The van der Waals surface area contributed by atoms with Crippen molar-refractivity contribution in [2.45, 2.75) is 0 Å². The summed E-state index contributed by atoms with van der Waals surface area (Å²) in [5.41, 5.74) is 0.577. The second kappa shape index (κ2) is 8.28. The highest BCUT2D eigenvalue weighted by atomic mass is 35.5. The molecule has 0 aliphatic rings. The molecule has 112 valence electrons. The number of carbonyl (C=O) groups excluding carboxylic acids is 3. The molecule has 0 saturated carbocycles. The molecule has 6 nitrogen and oxygen atoms in total. The lowest BCUT2D eigenvalue weighted by Crippen LogP contribution is -2.39. The van der Waals surface area contributed by atoms with E-state index in [9.17, 15) is 14.4 Å². The molecule has 0 atom stereocenters. The van der Waals surface area contributed by atoms with Crippen LogP contribution in [0.2, 0.25) is 10.0 Å². The van der Waals surface area contributed by atoms with Crippen LogP contribution in [-0.2, 0) is 14.3 Å². The highest BCUT2D eigenvalue weighted by Crippen LogP contribution is 2.21. The predicted octanol–water partition coefficient (Wildman–Crippen LogP) is 2.01. The van der Waals surface area contributed by atoms with Gasteiger partial charge in [0.25, 0.3) is 5.91 Å². The van der Waals surface area contributed by atoms with E-state index in [0.717, 1.165) is 6.08 Å². The van der Waals surface area contributed by atoms with Gasteiger partial charge in [-0.1, -0.05) is 29.3 Å². The van der Waals surface area contributed by atoms with Gasteiger partial charge in [-0.2, -0.15) is 0 Å². The van der Waals surface area contributed by atoms with Crippen LogP contribution in [0.4, 0.5) is 4.79 Å². The van der Waals surface area contributed by atoms with Crippen molar-refractivity contribution in [3.05, 3.63) is 39.9 Å². The molecule has 1 aromatic rings. The molecule has 1 aromatic carbocycles. The molecule has 0 aliphatic carbocycles. The second-order valence-electron chi connectivity index (χ2n) is 3.73. The summed E-state index contributed by atoms with van der Waals surface area (Å²) in [6.07, 6.45) is 2.54. The fraction of sp³-hybridized carbons (Fsp3) is 0.154. The number of rotatable bonds is 4. The van der Waals surface area contributed by atoms with Crippen LogP contribution in [-0.4, -0.2) is 31.6 Å². The summed E-state index contributed by atoms with van der Waals surface area (Å²) in [6, 6.07) is 4.10. The van der Waals surface area contributed by atoms with Gasteiger partial charge >= 0.3 is 12.0 Å². The first-order valence-corrected chi connectivity index (χ1v) is 6.49. The maximum atomic E-state index is 11.4. The Labute approximate surface area is 131 Å². The van der Waals surface area contributed by atoms with Gasteiger partial charge in [-0.3, -0.25) is 10.1 Å². The van der Waals surface area contributed by atoms with Crippen molar-refractivity contribution < 1.29 is 19.1 Å². The topological polar surface area (TPSA) is 84.5 Å². The monoisotopic (exact) mass is 330 g/mol. The van der Waals surface area contributed by atoms with E-state index in [0.29, 0.717) is 15.6 Å². The first-order valence-electron chi connectivity index (χ1n) is 5.74. The zero-order valence-electron chi connectivity index (χ0n) is 11.0. The van der Waals surface area contributed by atoms with Crippen molar-refractivity contribution in [1.29, 1.82) is 0 Å². The van der Waals surface area contributed by atoms with Crippen LogP contribution in [0.5, 0.6) is 0 Å². The molecule has 0 saturated heterocycles. The molecule has 0 heterocycles.